The van der Waals surface area contributed by atoms with Crippen LogP contribution in [-0.2, 0) is 10.2 Å². The summed E-state index contributed by atoms with van der Waals surface area (Å²) in [5.41, 5.74) is 1.67. The first kappa shape index (κ1) is 26.8. The van der Waals surface area contributed by atoms with Gasteiger partial charge in [-0.25, -0.2) is 4.98 Å². The molecular weight excluding hydrogens is 548 g/mol. The van der Waals surface area contributed by atoms with Crippen molar-refractivity contribution in [1.82, 2.24) is 34.0 Å². The van der Waals surface area contributed by atoms with Crippen LogP contribution in [0.25, 0.3) is 22.5 Å². The second kappa shape index (κ2) is 9.75. The smallest absolute Gasteiger partial charge is 0.292 e. The lowest BCUT2D eigenvalue weighted by atomic mass is 9.52. The summed E-state index contributed by atoms with van der Waals surface area (Å²) in [6.07, 6.45) is 9.32. The SMILES string of the molecule is CN(C)S(=O)(=O)N1CCC(NC(=O)c2noc(-c3cnc4[nH]ccc4c3N[C@H]3[C@@H]4CC5C[C@H]3C[C@@](O)(C5)C4)n2)CC1. The highest BCUT2D eigenvalue weighted by Crippen LogP contribution is 2.56. The van der Waals surface area contributed by atoms with Crippen molar-refractivity contribution in [3.63, 3.8) is 0 Å². The van der Waals surface area contributed by atoms with Crippen LogP contribution in [0.4, 0.5) is 5.69 Å². The van der Waals surface area contributed by atoms with Gasteiger partial charge in [0.25, 0.3) is 27.8 Å². The molecule has 0 radical (unpaired) electrons. The van der Waals surface area contributed by atoms with Crippen LogP contribution in [0.2, 0.25) is 0 Å². The maximum Gasteiger partial charge on any atom is 0.292 e. The molecule has 41 heavy (non-hydrogen) atoms. The first-order chi connectivity index (χ1) is 19.6. The molecule has 0 aromatic carbocycles. The number of hydrogen-bond acceptors (Lipinski definition) is 9. The standard InChI is InChI=1S/C27H36N8O5S/c1-34(2)41(38,39)35-7-4-18(5-8-35)30-25(36)24-32-26(40-33-24)20-14-29-23-19(3-6-28-23)22(20)31-21-16-9-15-10-17(21)13-27(37,11-15)12-16/h3,6,14-18,21,37H,4-5,7-13H2,1-2H3,(H,30,36)(H2,28,29,31)/t15?,16-,17+,21+,27-. The van der Waals surface area contributed by atoms with Crippen molar-refractivity contribution >= 4 is 32.8 Å². The molecule has 4 N–H and O–H groups in total. The van der Waals surface area contributed by atoms with Gasteiger partial charge in [-0.3, -0.25) is 4.79 Å². The van der Waals surface area contributed by atoms with Gasteiger partial charge >= 0.3 is 0 Å². The molecule has 4 heterocycles. The van der Waals surface area contributed by atoms with Crippen molar-refractivity contribution in [3.8, 4) is 11.5 Å². The molecule has 8 rings (SSSR count). The summed E-state index contributed by atoms with van der Waals surface area (Å²) in [6, 6.07) is 1.99. The first-order valence-electron chi connectivity index (χ1n) is 14.4. The van der Waals surface area contributed by atoms with E-state index in [-0.39, 0.29) is 23.8 Å². The van der Waals surface area contributed by atoms with Gasteiger partial charge in [0.1, 0.15) is 5.65 Å². The van der Waals surface area contributed by atoms with Crippen LogP contribution in [0.1, 0.15) is 55.6 Å². The molecule has 3 aromatic heterocycles. The second-order valence-electron chi connectivity index (χ2n) is 12.5. The molecule has 5 fully saturated rings. The van der Waals surface area contributed by atoms with Gasteiger partial charge in [-0.2, -0.15) is 22.0 Å². The number of piperidine rings is 1. The van der Waals surface area contributed by atoms with E-state index in [2.05, 4.69) is 30.7 Å². The average molecular weight is 585 g/mol. The summed E-state index contributed by atoms with van der Waals surface area (Å²) in [5, 5.41) is 22.7. The minimum atomic E-state index is -3.48. The number of aliphatic hydroxyl groups is 1. The number of pyridine rings is 1. The van der Waals surface area contributed by atoms with Crippen LogP contribution in [0.15, 0.2) is 23.0 Å². The van der Waals surface area contributed by atoms with E-state index in [0.29, 0.717) is 49.2 Å². The number of nitrogens with zero attached hydrogens (tertiary/aromatic N) is 5. The molecule has 5 aliphatic rings. The van der Waals surface area contributed by atoms with Gasteiger partial charge in [0, 0.05) is 57.0 Å². The lowest BCUT2D eigenvalue weighted by molar-refractivity contribution is -0.129. The van der Waals surface area contributed by atoms with E-state index in [0.717, 1.165) is 48.8 Å². The van der Waals surface area contributed by atoms with E-state index >= 15 is 0 Å². The zero-order valence-corrected chi connectivity index (χ0v) is 24.0. The third kappa shape index (κ3) is 4.70. The number of amides is 1. The molecule has 14 heteroatoms. The summed E-state index contributed by atoms with van der Waals surface area (Å²) in [6.45, 7) is 0.642. The maximum atomic E-state index is 13.0. The number of H-pyrrole nitrogens is 1. The van der Waals surface area contributed by atoms with E-state index in [1.807, 2.05) is 12.3 Å². The Morgan fingerprint density at radius 2 is 1.93 bits per heavy atom. The maximum absolute atomic E-state index is 13.0. The molecule has 220 valence electrons. The summed E-state index contributed by atoms with van der Waals surface area (Å²) in [4.78, 5) is 25.2. The quantitative estimate of drug-likeness (QED) is 0.324. The molecule has 1 saturated heterocycles. The van der Waals surface area contributed by atoms with Crippen LogP contribution in [0.3, 0.4) is 0 Å². The molecule has 5 atom stereocenters. The van der Waals surface area contributed by atoms with Crippen molar-refractivity contribution in [2.24, 2.45) is 17.8 Å². The fourth-order valence-corrected chi connectivity index (χ4v) is 8.98. The lowest BCUT2D eigenvalue weighted by Gasteiger charge is -2.58. The monoisotopic (exact) mass is 584 g/mol. The van der Waals surface area contributed by atoms with E-state index in [4.69, 9.17) is 4.52 Å². The number of aromatic nitrogens is 4. The van der Waals surface area contributed by atoms with Gasteiger partial charge in [0.2, 0.25) is 0 Å². The highest BCUT2D eigenvalue weighted by atomic mass is 32.2. The molecule has 4 aliphatic carbocycles. The number of fused-ring (bicyclic) bond motifs is 1. The number of carbonyl (C=O) groups is 1. The van der Waals surface area contributed by atoms with E-state index in [9.17, 15) is 18.3 Å². The predicted octanol–water partition coefficient (Wildman–Crippen LogP) is 1.96. The van der Waals surface area contributed by atoms with E-state index < -0.39 is 21.7 Å². The number of nitrogens with one attached hydrogen (secondary N) is 3. The molecule has 1 amide bonds. The lowest BCUT2D eigenvalue weighted by Crippen LogP contribution is -2.59. The zero-order valence-electron chi connectivity index (χ0n) is 23.2. The fraction of sp³-hybridized carbons (Fsp3) is 0.630. The van der Waals surface area contributed by atoms with Gasteiger partial charge in [-0.15, -0.1) is 0 Å². The van der Waals surface area contributed by atoms with Crippen LogP contribution < -0.4 is 10.6 Å². The molecule has 4 saturated carbocycles. The number of aromatic amines is 1. The number of hydrogen-bond donors (Lipinski definition) is 4. The zero-order chi connectivity index (χ0) is 28.5. The summed E-state index contributed by atoms with van der Waals surface area (Å²) < 4.78 is 33.0. The Bertz CT molecular complexity index is 1560. The minimum Gasteiger partial charge on any atom is -0.390 e. The van der Waals surface area contributed by atoms with Crippen LogP contribution in [-0.4, -0.2) is 93.0 Å². The third-order valence-electron chi connectivity index (χ3n) is 9.57. The Morgan fingerprint density at radius 3 is 2.61 bits per heavy atom. The molecular formula is C27H36N8O5S. The van der Waals surface area contributed by atoms with Crippen molar-refractivity contribution in [2.75, 3.05) is 32.5 Å². The number of anilines is 1. The first-order valence-corrected chi connectivity index (χ1v) is 15.8. The summed E-state index contributed by atoms with van der Waals surface area (Å²) in [7, 11) is -0.462. The molecule has 1 unspecified atom stereocenters. The second-order valence-corrected chi connectivity index (χ2v) is 14.7. The minimum absolute atomic E-state index is 0.0831. The van der Waals surface area contributed by atoms with Gasteiger partial charge in [0.05, 0.1) is 16.9 Å². The highest BCUT2D eigenvalue weighted by molar-refractivity contribution is 7.86. The Hall–Kier alpha value is -3.07. The van der Waals surface area contributed by atoms with Gasteiger partial charge in [-0.05, 0) is 68.8 Å². The van der Waals surface area contributed by atoms with Crippen molar-refractivity contribution < 1.29 is 22.8 Å². The Balaban J connectivity index is 1.09. The topological polar surface area (TPSA) is 170 Å². The highest BCUT2D eigenvalue weighted by Gasteiger charge is 2.54. The molecule has 0 spiro atoms. The summed E-state index contributed by atoms with van der Waals surface area (Å²) in [5.74, 6) is 1.03. The Kier molecular flexibility index (Phi) is 6.37. The van der Waals surface area contributed by atoms with Crippen molar-refractivity contribution in [2.45, 2.75) is 62.6 Å². The van der Waals surface area contributed by atoms with Crippen LogP contribution >= 0.6 is 0 Å². The number of rotatable bonds is 7. The van der Waals surface area contributed by atoms with Crippen LogP contribution in [0, 0.1) is 17.8 Å². The van der Waals surface area contributed by atoms with E-state index in [1.165, 1.54) is 22.7 Å². The summed E-state index contributed by atoms with van der Waals surface area (Å²) >= 11 is 0. The van der Waals surface area contributed by atoms with E-state index in [1.54, 1.807) is 6.20 Å². The fourth-order valence-electron chi connectivity index (χ4n) is 7.85. The molecule has 13 nitrogen and oxygen atoms in total. The van der Waals surface area contributed by atoms with Crippen LogP contribution in [0.5, 0.6) is 0 Å². The van der Waals surface area contributed by atoms with Crippen molar-refractivity contribution in [3.05, 3.63) is 24.3 Å². The third-order valence-corrected chi connectivity index (χ3v) is 11.5. The van der Waals surface area contributed by atoms with Gasteiger partial charge in [0.15, 0.2) is 0 Å². The average Bonchev–Trinajstić information content (AvgIpc) is 3.60. The Labute approximate surface area is 238 Å². The Morgan fingerprint density at radius 1 is 1.20 bits per heavy atom. The van der Waals surface area contributed by atoms with Gasteiger partial charge < -0.3 is 25.2 Å². The molecule has 1 aliphatic heterocycles. The predicted molar refractivity (Wildman–Crippen MR) is 150 cm³/mol. The number of carbonyl (C=O) groups excluding carboxylic acids is 1. The van der Waals surface area contributed by atoms with Crippen molar-refractivity contribution in [1.29, 1.82) is 0 Å². The van der Waals surface area contributed by atoms with Gasteiger partial charge in [-0.1, -0.05) is 5.16 Å². The molecule has 3 aromatic rings. The molecule has 4 bridgehead atoms. The largest absolute Gasteiger partial charge is 0.390 e. The normalized spacial score (nSPS) is 30.3.